The Kier molecular flexibility index (Phi) is 5.37. The van der Waals surface area contributed by atoms with Crippen molar-refractivity contribution in [1.29, 1.82) is 0 Å². The van der Waals surface area contributed by atoms with Crippen molar-refractivity contribution >= 4 is 0 Å². The van der Waals surface area contributed by atoms with E-state index in [1.54, 1.807) is 0 Å². The van der Waals surface area contributed by atoms with E-state index in [9.17, 15) is 0 Å². The Morgan fingerprint density at radius 2 is 1.95 bits per heavy atom. The summed E-state index contributed by atoms with van der Waals surface area (Å²) in [4.78, 5) is 4.99. The number of aryl methyl sites for hydroxylation is 2. The Morgan fingerprint density at radius 1 is 1.21 bits per heavy atom. The molecule has 0 spiro atoms. The fourth-order valence-electron chi connectivity index (χ4n) is 2.59. The van der Waals surface area contributed by atoms with Gasteiger partial charge in [-0.3, -0.25) is 4.90 Å². The molecule has 1 N–H and O–H groups in total. The minimum Gasteiger partial charge on any atom is -0.314 e. The van der Waals surface area contributed by atoms with Crippen LogP contribution >= 0.6 is 0 Å². The molecule has 3 heteroatoms. The highest BCUT2D eigenvalue weighted by atomic mass is 15.2. The van der Waals surface area contributed by atoms with Crippen LogP contribution in [-0.2, 0) is 6.54 Å². The summed E-state index contributed by atoms with van der Waals surface area (Å²) in [5.41, 5.74) is 4.22. The third-order valence-electron chi connectivity index (χ3n) is 3.95. The van der Waals surface area contributed by atoms with E-state index in [0.717, 1.165) is 26.2 Å². The molecule has 0 amide bonds. The first-order chi connectivity index (χ1) is 9.15. The van der Waals surface area contributed by atoms with Crippen molar-refractivity contribution < 1.29 is 0 Å². The van der Waals surface area contributed by atoms with E-state index in [-0.39, 0.29) is 0 Å². The third-order valence-corrected chi connectivity index (χ3v) is 3.95. The fraction of sp³-hybridized carbons (Fsp3) is 0.625. The number of piperazine rings is 1. The minimum absolute atomic E-state index is 1.06. The van der Waals surface area contributed by atoms with Crippen LogP contribution in [0.3, 0.4) is 0 Å². The molecule has 19 heavy (non-hydrogen) atoms. The molecule has 0 saturated carbocycles. The average molecular weight is 261 g/mol. The van der Waals surface area contributed by atoms with Gasteiger partial charge in [-0.1, -0.05) is 23.8 Å². The molecule has 3 nitrogen and oxygen atoms in total. The van der Waals surface area contributed by atoms with Crippen molar-refractivity contribution in [3.63, 3.8) is 0 Å². The largest absolute Gasteiger partial charge is 0.314 e. The number of rotatable bonds is 5. The zero-order valence-electron chi connectivity index (χ0n) is 12.6. The van der Waals surface area contributed by atoms with Gasteiger partial charge in [0.15, 0.2) is 0 Å². The molecule has 1 aromatic rings. The second-order valence-electron chi connectivity index (χ2n) is 5.76. The SMILES string of the molecule is Cc1ccc(C)c(CN(C)CCN2CCNCC2)c1. The summed E-state index contributed by atoms with van der Waals surface area (Å²) in [6, 6.07) is 6.74. The lowest BCUT2D eigenvalue weighted by Gasteiger charge is -2.29. The van der Waals surface area contributed by atoms with Crippen molar-refractivity contribution in [1.82, 2.24) is 15.1 Å². The maximum absolute atomic E-state index is 3.40. The van der Waals surface area contributed by atoms with Crippen LogP contribution in [0.25, 0.3) is 0 Å². The van der Waals surface area contributed by atoms with Gasteiger partial charge in [-0.25, -0.2) is 0 Å². The summed E-state index contributed by atoms with van der Waals surface area (Å²) in [6.07, 6.45) is 0. The van der Waals surface area contributed by atoms with E-state index >= 15 is 0 Å². The van der Waals surface area contributed by atoms with Crippen molar-refractivity contribution in [2.24, 2.45) is 0 Å². The summed E-state index contributed by atoms with van der Waals surface area (Å²) in [5, 5.41) is 3.40. The first-order valence-corrected chi connectivity index (χ1v) is 7.33. The molecular formula is C16H27N3. The number of hydrogen-bond acceptors (Lipinski definition) is 3. The maximum Gasteiger partial charge on any atom is 0.0233 e. The number of hydrogen-bond donors (Lipinski definition) is 1. The van der Waals surface area contributed by atoms with E-state index in [1.165, 1.54) is 36.3 Å². The standard InChI is InChI=1S/C16H27N3/c1-14-4-5-15(2)16(12-14)13-18(3)10-11-19-8-6-17-7-9-19/h4-5,12,17H,6-11,13H2,1-3H3. The molecule has 1 heterocycles. The molecule has 0 bridgehead atoms. The normalized spacial score (nSPS) is 17.1. The Labute approximate surface area is 117 Å². The smallest absolute Gasteiger partial charge is 0.0233 e. The van der Waals surface area contributed by atoms with E-state index in [0.29, 0.717) is 0 Å². The second-order valence-corrected chi connectivity index (χ2v) is 5.76. The van der Waals surface area contributed by atoms with Crippen molar-refractivity contribution in [3.8, 4) is 0 Å². The van der Waals surface area contributed by atoms with Crippen molar-refractivity contribution in [3.05, 3.63) is 34.9 Å². The van der Waals surface area contributed by atoms with E-state index in [1.807, 2.05) is 0 Å². The molecule has 1 saturated heterocycles. The van der Waals surface area contributed by atoms with E-state index in [4.69, 9.17) is 0 Å². The second kappa shape index (κ2) is 7.04. The first kappa shape index (κ1) is 14.5. The average Bonchev–Trinajstić information content (AvgIpc) is 2.42. The molecule has 106 valence electrons. The van der Waals surface area contributed by atoms with Crippen molar-refractivity contribution in [2.45, 2.75) is 20.4 Å². The van der Waals surface area contributed by atoms with Crippen LogP contribution in [0.1, 0.15) is 16.7 Å². The number of nitrogens with zero attached hydrogens (tertiary/aromatic N) is 2. The third kappa shape index (κ3) is 4.60. The van der Waals surface area contributed by atoms with E-state index in [2.05, 4.69) is 54.2 Å². The Balaban J connectivity index is 1.80. The summed E-state index contributed by atoms with van der Waals surface area (Å²) in [7, 11) is 2.23. The Bertz CT molecular complexity index is 397. The van der Waals surface area contributed by atoms with Gasteiger partial charge in [0.2, 0.25) is 0 Å². The number of nitrogens with one attached hydrogen (secondary N) is 1. The molecule has 1 aliphatic rings. The summed E-state index contributed by atoms with van der Waals surface area (Å²) in [5.74, 6) is 0. The summed E-state index contributed by atoms with van der Waals surface area (Å²) >= 11 is 0. The van der Waals surface area contributed by atoms with Gasteiger partial charge in [-0.05, 0) is 32.0 Å². The predicted octanol–water partition coefficient (Wildman–Crippen LogP) is 1.64. The molecule has 0 radical (unpaired) electrons. The molecule has 0 aromatic heterocycles. The molecule has 0 aliphatic carbocycles. The highest BCUT2D eigenvalue weighted by Gasteiger charge is 2.10. The zero-order chi connectivity index (χ0) is 13.7. The number of benzene rings is 1. The highest BCUT2D eigenvalue weighted by molar-refractivity contribution is 5.30. The van der Waals surface area contributed by atoms with Crippen LogP contribution in [-0.4, -0.2) is 56.1 Å². The van der Waals surface area contributed by atoms with Crippen molar-refractivity contribution in [2.75, 3.05) is 46.3 Å². The molecule has 1 fully saturated rings. The Hall–Kier alpha value is -0.900. The van der Waals surface area contributed by atoms with Crippen LogP contribution in [0.2, 0.25) is 0 Å². The van der Waals surface area contributed by atoms with Gasteiger partial charge in [0.1, 0.15) is 0 Å². The summed E-state index contributed by atoms with van der Waals surface area (Å²) < 4.78 is 0. The van der Waals surface area contributed by atoms with E-state index < -0.39 is 0 Å². The molecule has 0 unspecified atom stereocenters. The van der Waals surface area contributed by atoms with Gasteiger partial charge in [0.25, 0.3) is 0 Å². The van der Waals surface area contributed by atoms with Gasteiger partial charge >= 0.3 is 0 Å². The Morgan fingerprint density at radius 3 is 2.68 bits per heavy atom. The monoisotopic (exact) mass is 261 g/mol. The van der Waals surface area contributed by atoms with Crippen LogP contribution in [0.5, 0.6) is 0 Å². The zero-order valence-corrected chi connectivity index (χ0v) is 12.6. The highest BCUT2D eigenvalue weighted by Crippen LogP contribution is 2.12. The van der Waals surface area contributed by atoms with Crippen LogP contribution in [0.4, 0.5) is 0 Å². The van der Waals surface area contributed by atoms with Gasteiger partial charge in [0.05, 0.1) is 0 Å². The van der Waals surface area contributed by atoms with Gasteiger partial charge in [-0.15, -0.1) is 0 Å². The summed E-state index contributed by atoms with van der Waals surface area (Å²) in [6.45, 7) is 12.4. The lowest BCUT2D eigenvalue weighted by molar-refractivity contribution is 0.202. The molecule has 0 atom stereocenters. The minimum atomic E-state index is 1.06. The molecular weight excluding hydrogens is 234 g/mol. The lowest BCUT2D eigenvalue weighted by Crippen LogP contribution is -2.45. The molecule has 1 aromatic carbocycles. The topological polar surface area (TPSA) is 18.5 Å². The van der Waals surface area contributed by atoms with Gasteiger partial charge in [0, 0.05) is 45.8 Å². The van der Waals surface area contributed by atoms with Crippen LogP contribution < -0.4 is 5.32 Å². The molecule has 1 aliphatic heterocycles. The lowest BCUT2D eigenvalue weighted by atomic mass is 10.1. The van der Waals surface area contributed by atoms with Crippen LogP contribution in [0, 0.1) is 13.8 Å². The quantitative estimate of drug-likeness (QED) is 0.869. The van der Waals surface area contributed by atoms with Gasteiger partial charge in [-0.2, -0.15) is 0 Å². The maximum atomic E-state index is 3.40. The number of likely N-dealkylation sites (N-methyl/N-ethyl adjacent to an activating group) is 1. The predicted molar refractivity (Wildman–Crippen MR) is 81.6 cm³/mol. The first-order valence-electron chi connectivity index (χ1n) is 7.33. The van der Waals surface area contributed by atoms with Gasteiger partial charge < -0.3 is 10.2 Å². The molecule has 2 rings (SSSR count). The fourth-order valence-corrected chi connectivity index (χ4v) is 2.59. The van der Waals surface area contributed by atoms with Crippen LogP contribution in [0.15, 0.2) is 18.2 Å².